The lowest BCUT2D eigenvalue weighted by Gasteiger charge is -2.12. The molecule has 2 N–H and O–H groups in total. The van der Waals surface area contributed by atoms with E-state index in [-0.39, 0.29) is 5.69 Å². The first-order valence-corrected chi connectivity index (χ1v) is 7.23. The van der Waals surface area contributed by atoms with Crippen LogP contribution in [0.1, 0.15) is 18.4 Å². The minimum atomic E-state index is -0.362. The zero-order valence-electron chi connectivity index (χ0n) is 10.7. The van der Waals surface area contributed by atoms with Gasteiger partial charge < -0.3 is 10.3 Å². The zero-order chi connectivity index (χ0) is 14.1. The first-order valence-electron chi connectivity index (χ1n) is 6.47. The van der Waals surface area contributed by atoms with Crippen molar-refractivity contribution >= 4 is 29.0 Å². The van der Waals surface area contributed by atoms with Crippen molar-refractivity contribution in [1.82, 2.24) is 9.97 Å². The Hall–Kier alpha value is -1.52. The summed E-state index contributed by atoms with van der Waals surface area (Å²) in [7, 11) is 0. The smallest absolute Gasteiger partial charge is 0.347 e. The van der Waals surface area contributed by atoms with Crippen LogP contribution in [0.2, 0.25) is 10.0 Å². The van der Waals surface area contributed by atoms with Gasteiger partial charge in [0.05, 0.1) is 15.7 Å². The fraction of sp³-hybridized carbons (Fsp3) is 0.286. The van der Waals surface area contributed by atoms with Gasteiger partial charge in [-0.05, 0) is 31.4 Å². The molecule has 20 heavy (non-hydrogen) atoms. The number of nitrogens with zero attached hydrogens (tertiary/aromatic N) is 1. The molecule has 0 radical (unpaired) electrons. The molecule has 0 aliphatic carbocycles. The molecule has 1 aliphatic rings. The van der Waals surface area contributed by atoms with Gasteiger partial charge in [0.25, 0.3) is 0 Å². The van der Waals surface area contributed by atoms with Crippen LogP contribution in [0.5, 0.6) is 0 Å². The molecule has 0 bridgehead atoms. The summed E-state index contributed by atoms with van der Waals surface area (Å²) in [5.74, 6) is 0.673. The van der Waals surface area contributed by atoms with Gasteiger partial charge in [-0.1, -0.05) is 29.3 Å². The molecule has 1 aromatic heterocycles. The minimum absolute atomic E-state index is 0.362. The number of aromatic nitrogens is 2. The van der Waals surface area contributed by atoms with E-state index >= 15 is 0 Å². The number of anilines is 1. The normalized spacial score (nSPS) is 14.3. The van der Waals surface area contributed by atoms with E-state index in [2.05, 4.69) is 15.3 Å². The molecular weight excluding hydrogens is 297 g/mol. The Balaban J connectivity index is 2.19. The second-order valence-corrected chi connectivity index (χ2v) is 5.57. The molecule has 4 nitrogen and oxygen atoms in total. The average molecular weight is 310 g/mol. The number of H-pyrrole nitrogens is 1. The molecule has 0 unspecified atom stereocenters. The lowest BCUT2D eigenvalue weighted by Crippen LogP contribution is -2.17. The Morgan fingerprint density at radius 1 is 1.15 bits per heavy atom. The molecule has 6 heteroatoms. The number of nitrogens with one attached hydrogen (secondary N) is 2. The van der Waals surface area contributed by atoms with Crippen molar-refractivity contribution in [3.63, 3.8) is 0 Å². The van der Waals surface area contributed by atoms with Gasteiger partial charge in [-0.2, -0.15) is 4.98 Å². The second-order valence-electron chi connectivity index (χ2n) is 4.76. The Bertz CT molecular complexity index is 712. The molecular formula is C14H13Cl2N3O. The Kier molecular flexibility index (Phi) is 3.68. The summed E-state index contributed by atoms with van der Waals surface area (Å²) >= 11 is 12.0. The van der Waals surface area contributed by atoms with Gasteiger partial charge in [-0.15, -0.1) is 0 Å². The molecule has 3 rings (SSSR count). The van der Waals surface area contributed by atoms with Crippen LogP contribution >= 0.6 is 23.2 Å². The lowest BCUT2D eigenvalue weighted by atomic mass is 10.0. The highest BCUT2D eigenvalue weighted by atomic mass is 35.5. The van der Waals surface area contributed by atoms with Crippen molar-refractivity contribution in [3.8, 4) is 11.3 Å². The van der Waals surface area contributed by atoms with Crippen LogP contribution in [-0.4, -0.2) is 16.5 Å². The third kappa shape index (κ3) is 2.53. The number of fused-ring (bicyclic) bond motifs is 1. The van der Waals surface area contributed by atoms with Crippen LogP contribution in [0.15, 0.2) is 23.0 Å². The number of aromatic amines is 1. The summed E-state index contributed by atoms with van der Waals surface area (Å²) in [6.45, 7) is 0.838. The lowest BCUT2D eigenvalue weighted by molar-refractivity contribution is 0.785. The van der Waals surface area contributed by atoms with E-state index in [0.29, 0.717) is 15.9 Å². The molecule has 104 valence electrons. The number of rotatable bonds is 1. The largest absolute Gasteiger partial charge is 0.370 e. The van der Waals surface area contributed by atoms with Crippen molar-refractivity contribution in [3.05, 3.63) is 44.3 Å². The highest BCUT2D eigenvalue weighted by Crippen LogP contribution is 2.32. The predicted molar refractivity (Wildman–Crippen MR) is 81.7 cm³/mol. The molecule has 2 heterocycles. The Morgan fingerprint density at radius 3 is 2.80 bits per heavy atom. The summed E-state index contributed by atoms with van der Waals surface area (Å²) in [5, 5.41) is 4.18. The quantitative estimate of drug-likeness (QED) is 0.847. The standard InChI is InChI=1S/C14H13Cl2N3O/c15-10-5-4-8(7-11(10)16)12-9-3-1-2-6-17-13(9)19-14(20)18-12/h4-5,7H,1-3,6H2,(H2,17,18,19,20). The third-order valence-corrected chi connectivity index (χ3v) is 4.13. The van der Waals surface area contributed by atoms with Crippen molar-refractivity contribution in [2.75, 3.05) is 11.9 Å². The van der Waals surface area contributed by atoms with Crippen LogP contribution in [0, 0.1) is 0 Å². The molecule has 1 aliphatic heterocycles. The number of halogens is 2. The average Bonchev–Trinajstić information content (AvgIpc) is 2.66. The van der Waals surface area contributed by atoms with Crippen LogP contribution in [-0.2, 0) is 6.42 Å². The molecule has 0 saturated heterocycles. The first kappa shape index (κ1) is 13.5. The van der Waals surface area contributed by atoms with Gasteiger partial charge in [-0.3, -0.25) is 0 Å². The molecule has 0 fully saturated rings. The Labute approximate surface area is 126 Å². The van der Waals surface area contributed by atoms with Crippen LogP contribution in [0.25, 0.3) is 11.3 Å². The summed E-state index contributed by atoms with van der Waals surface area (Å²) in [4.78, 5) is 18.6. The summed E-state index contributed by atoms with van der Waals surface area (Å²) in [6.07, 6.45) is 3.00. The number of benzene rings is 1. The van der Waals surface area contributed by atoms with E-state index in [0.717, 1.165) is 42.6 Å². The minimum Gasteiger partial charge on any atom is -0.370 e. The van der Waals surface area contributed by atoms with Gasteiger partial charge in [0, 0.05) is 17.7 Å². The Morgan fingerprint density at radius 2 is 2.00 bits per heavy atom. The zero-order valence-corrected chi connectivity index (χ0v) is 12.2. The van der Waals surface area contributed by atoms with Gasteiger partial charge in [0.2, 0.25) is 0 Å². The summed E-state index contributed by atoms with van der Waals surface area (Å²) in [6, 6.07) is 5.35. The van der Waals surface area contributed by atoms with Crippen molar-refractivity contribution in [1.29, 1.82) is 0 Å². The molecule has 0 amide bonds. The SMILES string of the molecule is O=c1nc2c(c(-c3ccc(Cl)c(Cl)c3)[nH]1)CCCCN2. The molecule has 0 saturated carbocycles. The number of hydrogen-bond acceptors (Lipinski definition) is 3. The molecule has 0 spiro atoms. The van der Waals surface area contributed by atoms with Gasteiger partial charge in [0.15, 0.2) is 0 Å². The molecule has 0 atom stereocenters. The van der Waals surface area contributed by atoms with E-state index in [4.69, 9.17) is 23.2 Å². The summed E-state index contributed by atoms with van der Waals surface area (Å²) < 4.78 is 0. The first-order chi connectivity index (χ1) is 9.65. The van der Waals surface area contributed by atoms with E-state index in [1.54, 1.807) is 12.1 Å². The van der Waals surface area contributed by atoms with Gasteiger partial charge >= 0.3 is 5.69 Å². The maximum absolute atomic E-state index is 11.7. The van der Waals surface area contributed by atoms with Crippen molar-refractivity contribution < 1.29 is 0 Å². The molecule has 2 aromatic rings. The second kappa shape index (κ2) is 5.46. The van der Waals surface area contributed by atoms with Gasteiger partial charge in [-0.25, -0.2) is 4.79 Å². The highest BCUT2D eigenvalue weighted by Gasteiger charge is 2.16. The van der Waals surface area contributed by atoms with Crippen LogP contribution in [0.3, 0.4) is 0 Å². The third-order valence-electron chi connectivity index (χ3n) is 3.39. The van der Waals surface area contributed by atoms with E-state index in [1.165, 1.54) is 0 Å². The van der Waals surface area contributed by atoms with Crippen molar-refractivity contribution in [2.24, 2.45) is 0 Å². The fourth-order valence-corrected chi connectivity index (χ4v) is 2.72. The van der Waals surface area contributed by atoms with E-state index < -0.39 is 0 Å². The van der Waals surface area contributed by atoms with E-state index in [9.17, 15) is 4.79 Å². The fourth-order valence-electron chi connectivity index (χ4n) is 2.42. The predicted octanol–water partition coefficient (Wildman–Crippen LogP) is 3.49. The maximum Gasteiger partial charge on any atom is 0.347 e. The highest BCUT2D eigenvalue weighted by molar-refractivity contribution is 6.42. The molecule has 1 aromatic carbocycles. The van der Waals surface area contributed by atoms with E-state index in [1.807, 2.05) is 6.07 Å². The van der Waals surface area contributed by atoms with Crippen LogP contribution < -0.4 is 11.0 Å². The van der Waals surface area contributed by atoms with Gasteiger partial charge in [0.1, 0.15) is 5.82 Å². The summed E-state index contributed by atoms with van der Waals surface area (Å²) in [5.41, 5.74) is 2.28. The maximum atomic E-state index is 11.7. The number of hydrogen-bond donors (Lipinski definition) is 2. The monoisotopic (exact) mass is 309 g/mol. The van der Waals surface area contributed by atoms with Crippen LogP contribution in [0.4, 0.5) is 5.82 Å². The topological polar surface area (TPSA) is 57.8 Å². The van der Waals surface area contributed by atoms with Crippen molar-refractivity contribution in [2.45, 2.75) is 19.3 Å².